The van der Waals surface area contributed by atoms with Gasteiger partial charge in [0.25, 0.3) is 5.91 Å². The maximum atomic E-state index is 12.5. The molecule has 0 fully saturated rings. The van der Waals surface area contributed by atoms with Crippen molar-refractivity contribution in [1.29, 1.82) is 0 Å². The number of aryl methyl sites for hydroxylation is 3. The topological polar surface area (TPSA) is 84.9 Å². The molecule has 7 heteroatoms. The minimum absolute atomic E-state index is 0.131. The molecule has 0 bridgehead atoms. The molecule has 0 aliphatic carbocycles. The van der Waals surface area contributed by atoms with Gasteiger partial charge in [-0.2, -0.15) is 0 Å². The second-order valence-corrected chi connectivity index (χ2v) is 9.97. The molecule has 2 N–H and O–H groups in total. The highest BCUT2D eigenvalue weighted by atomic mass is 32.1. The van der Waals surface area contributed by atoms with Crippen molar-refractivity contribution < 1.29 is 24.2 Å². The fraction of sp³-hybridized carbons (Fsp3) is 0.556. The van der Waals surface area contributed by atoms with Gasteiger partial charge in [0.2, 0.25) is 0 Å². The third kappa shape index (κ3) is 7.57. The minimum atomic E-state index is -0.784. The van der Waals surface area contributed by atoms with Crippen LogP contribution in [0.3, 0.4) is 0 Å². The zero-order valence-corrected chi connectivity index (χ0v) is 22.1. The first-order valence-electron chi connectivity index (χ1n) is 12.1. The number of benzene rings is 1. The van der Waals surface area contributed by atoms with E-state index in [0.29, 0.717) is 30.2 Å². The van der Waals surface area contributed by atoms with Gasteiger partial charge < -0.3 is 19.9 Å². The number of aliphatic hydroxyl groups is 1. The SMILES string of the molecule is CCC(CCc1ccc(OCC(O)(CC)CC)c(C)c1)c1cc(C)c(C(=O)NCC(=O)OC)s1. The fourth-order valence-electron chi connectivity index (χ4n) is 3.82. The van der Waals surface area contributed by atoms with E-state index in [1.54, 1.807) is 0 Å². The van der Waals surface area contributed by atoms with Crippen LogP contribution in [0.5, 0.6) is 5.75 Å². The summed E-state index contributed by atoms with van der Waals surface area (Å²) in [6.07, 6.45) is 4.21. The highest BCUT2D eigenvalue weighted by Crippen LogP contribution is 2.34. The largest absolute Gasteiger partial charge is 0.490 e. The van der Waals surface area contributed by atoms with Gasteiger partial charge in [-0.25, -0.2) is 0 Å². The average Bonchev–Trinajstić information content (AvgIpc) is 3.23. The normalized spacial score (nSPS) is 12.3. The van der Waals surface area contributed by atoms with Gasteiger partial charge in [0.05, 0.1) is 17.6 Å². The molecule has 2 aromatic rings. The molecular formula is C27H39NO5S. The van der Waals surface area contributed by atoms with Crippen molar-refractivity contribution in [2.75, 3.05) is 20.3 Å². The Bertz CT molecular complexity index is 964. The highest BCUT2D eigenvalue weighted by molar-refractivity contribution is 7.14. The van der Waals surface area contributed by atoms with E-state index >= 15 is 0 Å². The van der Waals surface area contributed by atoms with Crippen molar-refractivity contribution >= 4 is 23.2 Å². The Kier molecular flexibility index (Phi) is 10.6. The molecule has 0 saturated heterocycles. The highest BCUT2D eigenvalue weighted by Gasteiger charge is 2.23. The van der Waals surface area contributed by atoms with Gasteiger partial charge in [0.15, 0.2) is 0 Å². The van der Waals surface area contributed by atoms with Gasteiger partial charge in [-0.05, 0) is 80.7 Å². The molecule has 1 aromatic carbocycles. The van der Waals surface area contributed by atoms with Crippen LogP contribution in [0.25, 0.3) is 0 Å². The molecular weight excluding hydrogens is 450 g/mol. The predicted octanol–water partition coefficient (Wildman–Crippen LogP) is 5.32. The first-order valence-corrected chi connectivity index (χ1v) is 12.9. The van der Waals surface area contributed by atoms with Crippen LogP contribution in [0.2, 0.25) is 0 Å². The number of esters is 1. The molecule has 2 rings (SSSR count). The lowest BCUT2D eigenvalue weighted by Gasteiger charge is -2.25. The molecule has 6 nitrogen and oxygen atoms in total. The first kappa shape index (κ1) is 27.9. The van der Waals surface area contributed by atoms with Crippen LogP contribution in [0.4, 0.5) is 0 Å². The quantitative estimate of drug-likeness (QED) is 0.372. The Labute approximate surface area is 207 Å². The van der Waals surface area contributed by atoms with Gasteiger partial charge in [-0.1, -0.05) is 32.9 Å². The number of rotatable bonds is 13. The summed E-state index contributed by atoms with van der Waals surface area (Å²) in [6, 6.07) is 8.34. The van der Waals surface area contributed by atoms with Crippen LogP contribution >= 0.6 is 11.3 Å². The number of nitrogens with one attached hydrogen (secondary N) is 1. The number of methoxy groups -OCH3 is 1. The van der Waals surface area contributed by atoms with E-state index in [0.717, 1.165) is 36.1 Å². The minimum Gasteiger partial charge on any atom is -0.490 e. The molecule has 0 aliphatic heterocycles. The molecule has 1 heterocycles. The fourth-order valence-corrected chi connectivity index (χ4v) is 5.13. The third-order valence-corrected chi connectivity index (χ3v) is 7.89. The number of hydrogen-bond donors (Lipinski definition) is 2. The first-order chi connectivity index (χ1) is 16.2. The lowest BCUT2D eigenvalue weighted by atomic mass is 9.94. The molecule has 0 spiro atoms. The van der Waals surface area contributed by atoms with Gasteiger partial charge >= 0.3 is 5.97 Å². The predicted molar refractivity (Wildman–Crippen MR) is 137 cm³/mol. The second-order valence-electron chi connectivity index (χ2n) is 8.88. The van der Waals surface area contributed by atoms with Crippen LogP contribution < -0.4 is 10.1 Å². The summed E-state index contributed by atoms with van der Waals surface area (Å²) in [5, 5.41) is 13.1. The lowest BCUT2D eigenvalue weighted by Crippen LogP contribution is -2.34. The number of carbonyl (C=O) groups excluding carboxylic acids is 2. The summed E-state index contributed by atoms with van der Waals surface area (Å²) in [7, 11) is 1.30. The van der Waals surface area contributed by atoms with E-state index in [1.165, 1.54) is 28.9 Å². The molecule has 34 heavy (non-hydrogen) atoms. The van der Waals surface area contributed by atoms with Crippen LogP contribution in [0, 0.1) is 13.8 Å². The van der Waals surface area contributed by atoms with E-state index in [1.807, 2.05) is 33.8 Å². The van der Waals surface area contributed by atoms with Gasteiger partial charge in [0, 0.05) is 4.88 Å². The van der Waals surface area contributed by atoms with E-state index in [9.17, 15) is 14.7 Å². The van der Waals surface area contributed by atoms with E-state index in [2.05, 4.69) is 35.2 Å². The molecule has 1 unspecified atom stereocenters. The molecule has 1 amide bonds. The van der Waals surface area contributed by atoms with Crippen molar-refractivity contribution in [3.05, 3.63) is 50.7 Å². The second kappa shape index (κ2) is 12.9. The van der Waals surface area contributed by atoms with Crippen LogP contribution in [-0.2, 0) is 16.0 Å². The van der Waals surface area contributed by atoms with E-state index in [-0.39, 0.29) is 12.5 Å². The van der Waals surface area contributed by atoms with Gasteiger partial charge in [-0.15, -0.1) is 11.3 Å². The standard InChI is InChI=1S/C27H39NO5S/c1-7-21(23-15-19(5)25(34-23)26(30)28-16-24(29)32-6)12-10-20-11-13-22(18(4)14-20)33-17-27(31,8-2)9-3/h11,13-15,21,31H,7-10,12,16-17H2,1-6H3,(H,28,30). The summed E-state index contributed by atoms with van der Waals surface area (Å²) in [4.78, 5) is 25.6. The summed E-state index contributed by atoms with van der Waals surface area (Å²) in [5.74, 6) is 0.462. The molecule has 1 atom stereocenters. The van der Waals surface area contributed by atoms with Crippen LogP contribution in [0.1, 0.15) is 83.6 Å². The van der Waals surface area contributed by atoms with E-state index in [4.69, 9.17) is 4.74 Å². The smallest absolute Gasteiger partial charge is 0.325 e. The maximum Gasteiger partial charge on any atom is 0.325 e. The number of ether oxygens (including phenoxy) is 2. The summed E-state index contributed by atoms with van der Waals surface area (Å²) in [5.41, 5.74) is 2.45. The van der Waals surface area contributed by atoms with E-state index < -0.39 is 11.6 Å². The Balaban J connectivity index is 2.01. The van der Waals surface area contributed by atoms with Crippen molar-refractivity contribution in [3.63, 3.8) is 0 Å². The summed E-state index contributed by atoms with van der Waals surface area (Å²) < 4.78 is 10.5. The maximum absolute atomic E-state index is 12.5. The number of amides is 1. The van der Waals surface area contributed by atoms with Crippen molar-refractivity contribution in [3.8, 4) is 5.75 Å². The van der Waals surface area contributed by atoms with Crippen molar-refractivity contribution in [2.24, 2.45) is 0 Å². The zero-order chi connectivity index (χ0) is 25.3. The number of thiophene rings is 1. The molecule has 1 aromatic heterocycles. The zero-order valence-electron chi connectivity index (χ0n) is 21.3. The van der Waals surface area contributed by atoms with Crippen LogP contribution in [0.15, 0.2) is 24.3 Å². The lowest BCUT2D eigenvalue weighted by molar-refractivity contribution is -0.139. The van der Waals surface area contributed by atoms with Crippen molar-refractivity contribution in [1.82, 2.24) is 5.32 Å². The molecule has 0 aliphatic rings. The Hall–Kier alpha value is -2.38. The Morgan fingerprint density at radius 3 is 2.41 bits per heavy atom. The molecule has 0 saturated carbocycles. The Morgan fingerprint density at radius 2 is 1.82 bits per heavy atom. The van der Waals surface area contributed by atoms with Crippen molar-refractivity contribution in [2.45, 2.75) is 78.2 Å². The number of hydrogen-bond acceptors (Lipinski definition) is 6. The van der Waals surface area contributed by atoms with Crippen LogP contribution in [-0.4, -0.2) is 42.8 Å². The van der Waals surface area contributed by atoms with Gasteiger partial charge in [-0.3, -0.25) is 9.59 Å². The molecule has 0 radical (unpaired) electrons. The summed E-state index contributed by atoms with van der Waals surface area (Å²) >= 11 is 1.51. The monoisotopic (exact) mass is 489 g/mol. The van der Waals surface area contributed by atoms with Gasteiger partial charge in [0.1, 0.15) is 18.9 Å². The summed E-state index contributed by atoms with van der Waals surface area (Å²) in [6.45, 7) is 10.2. The third-order valence-electron chi connectivity index (χ3n) is 6.49. The molecule has 188 valence electrons. The average molecular weight is 490 g/mol. The Morgan fingerprint density at radius 1 is 1.12 bits per heavy atom. The number of carbonyl (C=O) groups is 2.